The minimum Gasteiger partial charge on any atom is -0.349 e. The maximum atomic E-state index is 14.9. The van der Waals surface area contributed by atoms with Gasteiger partial charge in [-0.05, 0) is 102 Å². The highest BCUT2D eigenvalue weighted by Crippen LogP contribution is 2.39. The predicted molar refractivity (Wildman–Crippen MR) is 316 cm³/mol. The van der Waals surface area contributed by atoms with Crippen molar-refractivity contribution in [1.29, 1.82) is 0 Å². The number of nitrogens with zero attached hydrogens (tertiary/aromatic N) is 14. The van der Waals surface area contributed by atoms with E-state index in [-0.39, 0.29) is 91.7 Å². The first-order valence-electron chi connectivity index (χ1n) is 26.9. The number of carbonyl (C=O) groups is 2. The molecule has 2 aromatic carbocycles. The van der Waals surface area contributed by atoms with Gasteiger partial charge in [0, 0.05) is 61.5 Å². The molecule has 2 fully saturated rings. The highest BCUT2D eigenvalue weighted by atomic mass is 35.5. The van der Waals surface area contributed by atoms with E-state index >= 15 is 0 Å². The lowest BCUT2D eigenvalue weighted by atomic mass is 10.1. The Morgan fingerprint density at radius 2 is 0.939 bits per heavy atom. The third kappa shape index (κ3) is 10.8. The van der Waals surface area contributed by atoms with Gasteiger partial charge in [0.15, 0.2) is 11.3 Å². The lowest BCUT2D eigenvalue weighted by molar-refractivity contribution is -0.129. The molecule has 0 saturated carbocycles. The van der Waals surface area contributed by atoms with Crippen LogP contribution in [0.3, 0.4) is 0 Å². The number of carbonyl (C=O) groups excluding carboxylic acids is 2. The van der Waals surface area contributed by atoms with E-state index in [4.69, 9.17) is 33.2 Å². The van der Waals surface area contributed by atoms with Crippen LogP contribution in [0.1, 0.15) is 90.0 Å². The maximum absolute atomic E-state index is 14.9. The van der Waals surface area contributed by atoms with E-state index in [1.165, 1.54) is 46.1 Å². The van der Waals surface area contributed by atoms with Crippen molar-refractivity contribution in [3.63, 3.8) is 0 Å². The third-order valence-corrected chi connectivity index (χ3v) is 15.5. The van der Waals surface area contributed by atoms with E-state index in [1.54, 1.807) is 72.2 Å². The molecule has 424 valence electrons. The molecule has 2 saturated heterocycles. The zero-order valence-corrected chi connectivity index (χ0v) is 48.7. The minimum absolute atomic E-state index is 0.0389. The van der Waals surface area contributed by atoms with Crippen LogP contribution in [0.15, 0.2) is 108 Å². The van der Waals surface area contributed by atoms with Crippen LogP contribution in [-0.2, 0) is 9.59 Å². The maximum Gasteiger partial charge on any atom is 0.355 e. The van der Waals surface area contributed by atoms with Crippen molar-refractivity contribution in [3.05, 3.63) is 164 Å². The fourth-order valence-corrected chi connectivity index (χ4v) is 11.3. The van der Waals surface area contributed by atoms with Crippen molar-refractivity contribution in [2.75, 3.05) is 36.0 Å². The van der Waals surface area contributed by atoms with Gasteiger partial charge in [-0.1, -0.05) is 88.3 Å². The Labute approximate surface area is 482 Å². The van der Waals surface area contributed by atoms with E-state index in [1.807, 2.05) is 65.2 Å². The van der Waals surface area contributed by atoms with Gasteiger partial charge in [-0.3, -0.25) is 9.59 Å². The summed E-state index contributed by atoms with van der Waals surface area (Å²) < 4.78 is 32.7. The summed E-state index contributed by atoms with van der Waals surface area (Å²) in [6, 6.07) is 15.1. The summed E-state index contributed by atoms with van der Waals surface area (Å²) in [4.78, 5) is 96.8. The van der Waals surface area contributed by atoms with Crippen LogP contribution in [0.25, 0.3) is 56.0 Å². The van der Waals surface area contributed by atoms with E-state index in [0.717, 1.165) is 0 Å². The molecule has 18 nitrogen and oxygen atoms in total. The van der Waals surface area contributed by atoms with Crippen molar-refractivity contribution < 1.29 is 18.4 Å². The Bertz CT molecular complexity index is 3730. The molecular formula is C60H62Cl2F2N14O4. The average Bonchev–Trinajstić information content (AvgIpc) is 2.48. The number of hydrogen-bond donors (Lipinski definition) is 0. The molecule has 0 N–H and O–H groups in total. The second kappa shape index (κ2) is 23.6. The number of fused-ring (bicyclic) bond motifs is 2. The molecule has 6 aromatic heterocycles. The molecule has 0 spiro atoms. The standard InChI is InChI=1S/2C30H31ClFN7O2/c2*1-7-24(40)37-13-18(5)38(14-17(37)4)28-21-12-22(31)26(20-10-8-9-11-23(20)32)35-29(21)39(30(41)36-28)27-19(6)33-15-34-25(27)16(2)3/h2*7-12,15-18H,1,13-14H2,2-6H3/t2*17-,18+/m11/s1. The highest BCUT2D eigenvalue weighted by Gasteiger charge is 2.36. The molecule has 4 atom stereocenters. The van der Waals surface area contributed by atoms with Crippen molar-refractivity contribution >= 4 is 68.7 Å². The van der Waals surface area contributed by atoms with Gasteiger partial charge in [0.05, 0.1) is 66.4 Å². The first-order chi connectivity index (χ1) is 39.1. The number of amides is 2. The largest absolute Gasteiger partial charge is 0.355 e. The summed E-state index contributed by atoms with van der Waals surface area (Å²) in [5.74, 6) is -0.586. The van der Waals surface area contributed by atoms with Crippen molar-refractivity contribution in [2.45, 2.75) is 105 Å². The van der Waals surface area contributed by atoms with Gasteiger partial charge in [-0.15, -0.1) is 0 Å². The Morgan fingerprint density at radius 3 is 1.28 bits per heavy atom. The number of piperazine rings is 2. The monoisotopic (exact) mass is 1150 g/mol. The Morgan fingerprint density at radius 1 is 0.573 bits per heavy atom. The first-order valence-corrected chi connectivity index (χ1v) is 27.6. The predicted octanol–water partition coefficient (Wildman–Crippen LogP) is 10.1. The lowest BCUT2D eigenvalue weighted by Crippen LogP contribution is -2.58. The van der Waals surface area contributed by atoms with Crippen molar-refractivity contribution in [2.24, 2.45) is 0 Å². The minimum atomic E-state index is -0.578. The van der Waals surface area contributed by atoms with Crippen LogP contribution < -0.4 is 21.2 Å². The van der Waals surface area contributed by atoms with Crippen LogP contribution in [0.5, 0.6) is 0 Å². The Balaban J connectivity index is 0.000000198. The molecule has 2 aliphatic rings. The molecule has 8 aromatic rings. The number of anilines is 2. The third-order valence-electron chi connectivity index (χ3n) is 14.9. The molecule has 0 unspecified atom stereocenters. The molecular weight excluding hydrogens is 1090 g/mol. The lowest BCUT2D eigenvalue weighted by Gasteiger charge is -2.44. The molecule has 0 radical (unpaired) electrons. The summed E-state index contributed by atoms with van der Waals surface area (Å²) in [6.45, 7) is 28.2. The number of hydrogen-bond acceptors (Lipinski definition) is 14. The zero-order valence-electron chi connectivity index (χ0n) is 47.2. The van der Waals surface area contributed by atoms with Crippen LogP contribution in [0, 0.1) is 25.5 Å². The summed E-state index contributed by atoms with van der Waals surface area (Å²) in [7, 11) is 0. The smallest absolute Gasteiger partial charge is 0.349 e. The van der Waals surface area contributed by atoms with Gasteiger partial charge in [0.1, 0.15) is 35.9 Å². The van der Waals surface area contributed by atoms with Crippen LogP contribution in [0.4, 0.5) is 20.4 Å². The summed E-state index contributed by atoms with van der Waals surface area (Å²) >= 11 is 13.5. The average molecular weight is 1150 g/mol. The van der Waals surface area contributed by atoms with Crippen LogP contribution in [-0.4, -0.2) is 121 Å². The number of benzene rings is 2. The number of halogens is 4. The van der Waals surface area contributed by atoms with E-state index in [2.05, 4.69) is 43.1 Å². The first kappa shape index (κ1) is 58.3. The summed E-state index contributed by atoms with van der Waals surface area (Å²) in [5.41, 5.74) is 3.58. The number of rotatable bonds is 10. The van der Waals surface area contributed by atoms with Gasteiger partial charge >= 0.3 is 11.4 Å². The van der Waals surface area contributed by atoms with Crippen LogP contribution >= 0.6 is 23.2 Å². The Kier molecular flexibility index (Phi) is 16.8. The van der Waals surface area contributed by atoms with Gasteiger partial charge in [-0.2, -0.15) is 9.97 Å². The molecule has 2 amide bonds. The van der Waals surface area contributed by atoms with Gasteiger partial charge < -0.3 is 19.6 Å². The number of aryl methyl sites for hydroxylation is 2. The number of aromatic nitrogens is 10. The second-order valence-corrected chi connectivity index (χ2v) is 22.0. The summed E-state index contributed by atoms with van der Waals surface area (Å²) in [6.07, 6.45) is 5.53. The molecule has 0 bridgehead atoms. The Hall–Kier alpha value is -8.36. The summed E-state index contributed by atoms with van der Waals surface area (Å²) in [5, 5.41) is 1.44. The zero-order chi connectivity index (χ0) is 59.2. The van der Waals surface area contributed by atoms with E-state index in [0.29, 0.717) is 82.7 Å². The van der Waals surface area contributed by atoms with Gasteiger partial charge in [0.2, 0.25) is 11.8 Å². The van der Waals surface area contributed by atoms with Gasteiger partial charge in [0.25, 0.3) is 0 Å². The SMILES string of the molecule is C=CC(=O)N1C[C@H](C)N(c2nc(=O)n(-c3c(C)ncnc3C(C)C)c3nc(-c4ccccc4F)c(Cl)cc23)C[C@H]1C.C=CC(=O)N1C[C@H](C)N(c2nc(=O)n(-c3c(C)ncnc3C(C)C)c3nc(-c4ccccc4F)c(Cl)cc23)C[C@H]1C. The molecule has 2 aliphatic heterocycles. The number of pyridine rings is 2. The second-order valence-electron chi connectivity index (χ2n) is 21.2. The highest BCUT2D eigenvalue weighted by molar-refractivity contribution is 6.34. The topological polar surface area (TPSA) is 194 Å². The molecule has 82 heavy (non-hydrogen) atoms. The molecule has 22 heteroatoms. The quantitative estimate of drug-likeness (QED) is 0.117. The van der Waals surface area contributed by atoms with Crippen molar-refractivity contribution in [3.8, 4) is 33.9 Å². The molecule has 8 heterocycles. The van der Waals surface area contributed by atoms with E-state index < -0.39 is 23.0 Å². The normalized spacial score (nSPS) is 17.4. The fourth-order valence-electron chi connectivity index (χ4n) is 10.8. The van der Waals surface area contributed by atoms with E-state index in [9.17, 15) is 28.0 Å². The fraction of sp³-hybridized carbons (Fsp3) is 0.333. The van der Waals surface area contributed by atoms with Crippen LogP contribution in [0.2, 0.25) is 10.0 Å². The molecule has 10 rings (SSSR count). The molecule has 0 aliphatic carbocycles. The van der Waals surface area contributed by atoms with Crippen molar-refractivity contribution in [1.82, 2.24) is 58.8 Å². The van der Waals surface area contributed by atoms with Gasteiger partial charge in [-0.25, -0.2) is 57.4 Å².